The van der Waals surface area contributed by atoms with Crippen LogP contribution in [0.2, 0.25) is 0 Å². The highest BCUT2D eigenvalue weighted by atomic mass is 35.5. The number of carbonyl (C=O) groups is 3. The molecule has 31 heavy (non-hydrogen) atoms. The number of nitrogens with zero attached hydrogens (tertiary/aromatic N) is 2. The molecule has 2 aliphatic heterocycles. The van der Waals surface area contributed by atoms with Crippen LogP contribution in [0.5, 0.6) is 0 Å². The average Bonchev–Trinajstić information content (AvgIpc) is 2.77. The van der Waals surface area contributed by atoms with E-state index in [0.717, 1.165) is 7.11 Å². The summed E-state index contributed by atoms with van der Waals surface area (Å²) in [5.74, 6) is -3.40. The Hall–Kier alpha value is -3.40. The Labute approximate surface area is 182 Å². The molecule has 1 N–H and O–H groups in total. The molecule has 1 aromatic rings. The van der Waals surface area contributed by atoms with Crippen LogP contribution in [-0.2, 0) is 23.9 Å². The van der Waals surface area contributed by atoms with Crippen molar-refractivity contribution in [1.82, 2.24) is 10.2 Å². The second-order valence-electron chi connectivity index (χ2n) is 6.66. The molecule has 1 atom stereocenters. The van der Waals surface area contributed by atoms with Crippen LogP contribution >= 0.6 is 11.6 Å². The topological polar surface area (TPSA) is 128 Å². The maximum atomic E-state index is 13.0. The lowest BCUT2D eigenvalue weighted by Gasteiger charge is -2.40. The van der Waals surface area contributed by atoms with Gasteiger partial charge in [0, 0.05) is 30.9 Å². The standard InChI is InChI=1S/C20H20ClN3O7/c1-3-31-20(27)15-13(10-21)23-8-7-22-18(25)17(23)16(19(26)30-2)14(15)11-5-4-6-12(9-11)24(28)29/h4-6,9,14H,3,7-8,10H2,1-2H3,(H,22,25). The van der Waals surface area contributed by atoms with Gasteiger partial charge in [0.05, 0.1) is 41.6 Å². The summed E-state index contributed by atoms with van der Waals surface area (Å²) in [6.45, 7) is 2.23. The number of esters is 2. The number of benzene rings is 1. The van der Waals surface area contributed by atoms with E-state index in [0.29, 0.717) is 5.70 Å². The van der Waals surface area contributed by atoms with Gasteiger partial charge in [0.25, 0.3) is 11.6 Å². The van der Waals surface area contributed by atoms with Crippen LogP contribution in [0.1, 0.15) is 18.4 Å². The van der Waals surface area contributed by atoms with E-state index in [1.54, 1.807) is 6.92 Å². The SMILES string of the molecule is CCOC(=O)C1=C(CCl)N2CCNC(=O)C2=C(C(=O)OC)C1c1cccc([N+](=O)[O-])c1. The van der Waals surface area contributed by atoms with Gasteiger partial charge < -0.3 is 19.7 Å². The second-order valence-corrected chi connectivity index (χ2v) is 6.93. The molecule has 0 bridgehead atoms. The van der Waals surface area contributed by atoms with E-state index in [1.165, 1.54) is 29.2 Å². The maximum absolute atomic E-state index is 13.0. The largest absolute Gasteiger partial charge is 0.466 e. The van der Waals surface area contributed by atoms with E-state index in [2.05, 4.69) is 5.32 Å². The minimum atomic E-state index is -1.14. The number of amides is 1. The lowest BCUT2D eigenvalue weighted by atomic mass is 9.79. The Morgan fingerprint density at radius 2 is 2.06 bits per heavy atom. The third-order valence-corrected chi connectivity index (χ3v) is 5.27. The van der Waals surface area contributed by atoms with Crippen molar-refractivity contribution in [2.75, 3.05) is 32.7 Å². The van der Waals surface area contributed by atoms with Crippen LogP contribution in [0.4, 0.5) is 5.69 Å². The Morgan fingerprint density at radius 3 is 2.68 bits per heavy atom. The molecule has 1 aromatic carbocycles. The van der Waals surface area contributed by atoms with Crippen LogP contribution < -0.4 is 5.32 Å². The first-order valence-electron chi connectivity index (χ1n) is 9.44. The summed E-state index contributed by atoms with van der Waals surface area (Å²) in [5, 5.41) is 14.0. The van der Waals surface area contributed by atoms with Crippen molar-refractivity contribution < 1.29 is 28.8 Å². The zero-order valence-electron chi connectivity index (χ0n) is 16.8. The molecule has 0 aromatic heterocycles. The zero-order valence-corrected chi connectivity index (χ0v) is 17.6. The number of methoxy groups -OCH3 is 1. The molecule has 2 heterocycles. The van der Waals surface area contributed by atoms with Crippen molar-refractivity contribution in [2.45, 2.75) is 12.8 Å². The van der Waals surface area contributed by atoms with Gasteiger partial charge in [-0.2, -0.15) is 0 Å². The van der Waals surface area contributed by atoms with E-state index in [1.807, 2.05) is 0 Å². The number of nitro benzene ring substituents is 1. The summed E-state index contributed by atoms with van der Waals surface area (Å²) >= 11 is 6.20. The monoisotopic (exact) mass is 449 g/mol. The predicted molar refractivity (Wildman–Crippen MR) is 109 cm³/mol. The van der Waals surface area contributed by atoms with Crippen LogP contribution in [-0.4, -0.2) is 60.4 Å². The fourth-order valence-electron chi connectivity index (χ4n) is 3.79. The van der Waals surface area contributed by atoms with Gasteiger partial charge in [0.2, 0.25) is 0 Å². The van der Waals surface area contributed by atoms with Gasteiger partial charge in [-0.15, -0.1) is 11.6 Å². The van der Waals surface area contributed by atoms with E-state index >= 15 is 0 Å². The van der Waals surface area contributed by atoms with Gasteiger partial charge in [-0.3, -0.25) is 14.9 Å². The first-order valence-corrected chi connectivity index (χ1v) is 9.97. The number of ether oxygens (including phenoxy) is 2. The van der Waals surface area contributed by atoms with E-state index < -0.39 is 28.7 Å². The molecule has 2 aliphatic rings. The van der Waals surface area contributed by atoms with Crippen molar-refractivity contribution >= 4 is 35.1 Å². The summed E-state index contributed by atoms with van der Waals surface area (Å²) in [7, 11) is 1.15. The maximum Gasteiger partial charge on any atom is 0.337 e. The van der Waals surface area contributed by atoms with Gasteiger partial charge in [-0.1, -0.05) is 12.1 Å². The fraction of sp³-hybridized carbons (Fsp3) is 0.350. The van der Waals surface area contributed by atoms with Gasteiger partial charge in [0.15, 0.2) is 0 Å². The normalized spacial score (nSPS) is 18.4. The molecule has 11 heteroatoms. The third-order valence-electron chi connectivity index (χ3n) is 5.02. The van der Waals surface area contributed by atoms with Crippen LogP contribution in [0, 0.1) is 10.1 Å². The minimum Gasteiger partial charge on any atom is -0.466 e. The number of non-ortho nitro benzene ring substituents is 1. The number of nitro groups is 1. The molecule has 1 unspecified atom stereocenters. The number of allylic oxidation sites excluding steroid dienone is 1. The van der Waals surface area contributed by atoms with Crippen molar-refractivity contribution in [2.24, 2.45) is 0 Å². The zero-order chi connectivity index (χ0) is 22.7. The molecule has 1 amide bonds. The van der Waals surface area contributed by atoms with Crippen LogP contribution in [0.15, 0.2) is 46.8 Å². The number of rotatable bonds is 6. The number of carbonyl (C=O) groups excluding carboxylic acids is 3. The minimum absolute atomic E-state index is 0.00157. The third kappa shape index (κ3) is 3.98. The quantitative estimate of drug-likeness (QED) is 0.300. The second kappa shape index (κ2) is 9.17. The Bertz CT molecular complexity index is 1020. The lowest BCUT2D eigenvalue weighted by molar-refractivity contribution is -0.384. The van der Waals surface area contributed by atoms with Gasteiger partial charge >= 0.3 is 11.9 Å². The summed E-state index contributed by atoms with van der Waals surface area (Å²) in [4.78, 5) is 50.9. The number of fused-ring (bicyclic) bond motifs is 1. The lowest BCUT2D eigenvalue weighted by Crippen LogP contribution is -2.50. The smallest absolute Gasteiger partial charge is 0.337 e. The summed E-state index contributed by atoms with van der Waals surface area (Å²) in [6, 6.07) is 5.49. The summed E-state index contributed by atoms with van der Waals surface area (Å²) in [6.07, 6.45) is 0. The number of nitrogens with one attached hydrogen (secondary N) is 1. The van der Waals surface area contributed by atoms with Gasteiger partial charge in [0.1, 0.15) is 5.70 Å². The van der Waals surface area contributed by atoms with E-state index in [-0.39, 0.29) is 53.7 Å². The summed E-state index contributed by atoms with van der Waals surface area (Å²) in [5.41, 5.74) is 0.240. The van der Waals surface area contributed by atoms with Crippen molar-refractivity contribution in [1.29, 1.82) is 0 Å². The Morgan fingerprint density at radius 1 is 1.32 bits per heavy atom. The molecule has 10 nitrogen and oxygen atoms in total. The molecular weight excluding hydrogens is 430 g/mol. The van der Waals surface area contributed by atoms with Crippen molar-refractivity contribution in [3.8, 4) is 0 Å². The first-order chi connectivity index (χ1) is 14.8. The highest BCUT2D eigenvalue weighted by Crippen LogP contribution is 2.44. The molecule has 3 rings (SSSR count). The highest BCUT2D eigenvalue weighted by molar-refractivity contribution is 6.20. The van der Waals surface area contributed by atoms with Gasteiger partial charge in [-0.05, 0) is 12.5 Å². The predicted octanol–water partition coefficient (Wildman–Crippen LogP) is 1.61. The number of hydrogen-bond acceptors (Lipinski definition) is 8. The van der Waals surface area contributed by atoms with E-state index in [4.69, 9.17) is 21.1 Å². The molecule has 0 aliphatic carbocycles. The molecular formula is C20H20ClN3O7. The van der Waals surface area contributed by atoms with Crippen molar-refractivity contribution in [3.05, 3.63) is 62.5 Å². The average molecular weight is 450 g/mol. The molecule has 1 fully saturated rings. The molecule has 0 saturated carbocycles. The summed E-state index contributed by atoms with van der Waals surface area (Å²) < 4.78 is 10.1. The number of halogens is 1. The molecule has 1 saturated heterocycles. The number of alkyl halides is 1. The number of piperazine rings is 1. The first kappa shape index (κ1) is 22.3. The Kier molecular flexibility index (Phi) is 6.59. The fourth-order valence-corrected chi connectivity index (χ4v) is 4.08. The number of hydrogen-bond donors (Lipinski definition) is 1. The Balaban J connectivity index is 2.37. The molecule has 0 radical (unpaired) electrons. The highest BCUT2D eigenvalue weighted by Gasteiger charge is 2.45. The van der Waals surface area contributed by atoms with Crippen LogP contribution in [0.25, 0.3) is 0 Å². The van der Waals surface area contributed by atoms with Crippen molar-refractivity contribution in [3.63, 3.8) is 0 Å². The molecule has 164 valence electrons. The molecule has 0 spiro atoms. The van der Waals surface area contributed by atoms with E-state index in [9.17, 15) is 24.5 Å². The van der Waals surface area contributed by atoms with Crippen LogP contribution in [0.3, 0.4) is 0 Å². The van der Waals surface area contributed by atoms with Gasteiger partial charge in [-0.25, -0.2) is 9.59 Å².